The highest BCUT2D eigenvalue weighted by molar-refractivity contribution is 5.14. The quantitative estimate of drug-likeness (QED) is 0.176. The zero-order chi connectivity index (χ0) is 21.3. The van der Waals surface area contributed by atoms with Gasteiger partial charge >= 0.3 is 0 Å². The van der Waals surface area contributed by atoms with Gasteiger partial charge in [0.2, 0.25) is 0 Å². The Kier molecular flexibility index (Phi) is 13.3. The van der Waals surface area contributed by atoms with E-state index in [4.69, 9.17) is 0 Å². The minimum absolute atomic E-state index is 1.14. The van der Waals surface area contributed by atoms with E-state index in [0.29, 0.717) is 0 Å². The third kappa shape index (κ3) is 9.96. The van der Waals surface area contributed by atoms with E-state index in [1.54, 1.807) is 5.82 Å². The van der Waals surface area contributed by atoms with Gasteiger partial charge in [-0.05, 0) is 37.7 Å². The predicted molar refractivity (Wildman–Crippen MR) is 130 cm³/mol. The van der Waals surface area contributed by atoms with Crippen molar-refractivity contribution in [2.75, 3.05) is 0 Å². The van der Waals surface area contributed by atoms with E-state index in [2.05, 4.69) is 65.7 Å². The largest absolute Gasteiger partial charge is 0.256 e. The first-order valence-electron chi connectivity index (χ1n) is 13.0. The molecule has 0 saturated heterocycles. The third-order valence-electron chi connectivity index (χ3n) is 6.30. The zero-order valence-corrected chi connectivity index (χ0v) is 20.0. The first kappa shape index (κ1) is 24.7. The highest BCUT2D eigenvalue weighted by Crippen LogP contribution is 2.12. The van der Waals surface area contributed by atoms with Crippen molar-refractivity contribution >= 4 is 0 Å². The van der Waals surface area contributed by atoms with E-state index in [9.17, 15) is 0 Å². The fourth-order valence-corrected chi connectivity index (χ4v) is 4.42. The number of hydrogen-bond acceptors (Lipinski definition) is 0. The van der Waals surface area contributed by atoms with Crippen LogP contribution in [0.2, 0.25) is 0 Å². The van der Waals surface area contributed by atoms with E-state index in [-0.39, 0.29) is 0 Å². The molecule has 0 saturated carbocycles. The van der Waals surface area contributed by atoms with Crippen LogP contribution in [0.4, 0.5) is 0 Å². The number of aromatic nitrogens is 2. The highest BCUT2D eigenvalue weighted by Gasteiger charge is 2.16. The number of nitrogens with zero attached hydrogens (tertiary/aromatic N) is 2. The summed E-state index contributed by atoms with van der Waals surface area (Å²) in [5.74, 6) is 1.56. The summed E-state index contributed by atoms with van der Waals surface area (Å²) >= 11 is 0. The monoisotopic (exact) mass is 411 g/mol. The molecule has 2 heteroatoms. The average Bonchev–Trinajstić information content (AvgIpc) is 3.15. The van der Waals surface area contributed by atoms with Crippen molar-refractivity contribution in [1.29, 1.82) is 0 Å². The van der Waals surface area contributed by atoms with E-state index >= 15 is 0 Å². The van der Waals surface area contributed by atoms with Gasteiger partial charge in [0, 0.05) is 6.42 Å². The van der Waals surface area contributed by atoms with Gasteiger partial charge in [-0.2, -0.15) is 0 Å². The van der Waals surface area contributed by atoms with Crippen LogP contribution >= 0.6 is 0 Å². The van der Waals surface area contributed by atoms with E-state index in [1.807, 2.05) is 0 Å². The second-order valence-electron chi connectivity index (χ2n) is 8.98. The molecule has 0 aliphatic heterocycles. The summed E-state index contributed by atoms with van der Waals surface area (Å²) in [6, 6.07) is 10.9. The molecule has 168 valence electrons. The minimum Gasteiger partial charge on any atom is -0.234 e. The van der Waals surface area contributed by atoms with Crippen molar-refractivity contribution in [2.24, 2.45) is 0 Å². The molecular formula is C28H47N2+. The SMILES string of the molecule is CCCCCCCCCCc1n(CCCCCC)cc[n+]1CCCc1ccccc1. The number of benzene rings is 1. The molecule has 0 aliphatic carbocycles. The highest BCUT2D eigenvalue weighted by atomic mass is 15.1. The molecule has 0 atom stereocenters. The van der Waals surface area contributed by atoms with Crippen LogP contribution in [0.5, 0.6) is 0 Å². The van der Waals surface area contributed by atoms with Crippen LogP contribution in [0.15, 0.2) is 42.7 Å². The van der Waals surface area contributed by atoms with Crippen LogP contribution in [0, 0.1) is 0 Å². The van der Waals surface area contributed by atoms with Crippen LogP contribution in [0.1, 0.15) is 109 Å². The molecule has 1 aromatic carbocycles. The molecule has 0 spiro atoms. The number of unbranched alkanes of at least 4 members (excludes halogenated alkanes) is 10. The van der Waals surface area contributed by atoms with E-state index in [1.165, 1.54) is 108 Å². The lowest BCUT2D eigenvalue weighted by molar-refractivity contribution is -0.704. The van der Waals surface area contributed by atoms with Crippen molar-refractivity contribution in [3.05, 3.63) is 54.1 Å². The second kappa shape index (κ2) is 16.2. The Bertz CT molecular complexity index is 644. The molecule has 0 unspecified atom stereocenters. The molecule has 0 N–H and O–H groups in total. The van der Waals surface area contributed by atoms with Crippen molar-refractivity contribution in [1.82, 2.24) is 4.57 Å². The molecule has 1 aromatic heterocycles. The van der Waals surface area contributed by atoms with Gasteiger partial charge in [0.25, 0.3) is 5.82 Å². The van der Waals surface area contributed by atoms with E-state index < -0.39 is 0 Å². The Morgan fingerprint density at radius 3 is 2.00 bits per heavy atom. The Balaban J connectivity index is 1.81. The van der Waals surface area contributed by atoms with Gasteiger partial charge in [0.1, 0.15) is 12.4 Å². The van der Waals surface area contributed by atoms with Crippen LogP contribution in [0.25, 0.3) is 0 Å². The van der Waals surface area contributed by atoms with Crippen molar-refractivity contribution in [2.45, 2.75) is 123 Å². The molecule has 0 bridgehead atoms. The van der Waals surface area contributed by atoms with Gasteiger partial charge in [0.15, 0.2) is 0 Å². The zero-order valence-electron chi connectivity index (χ0n) is 20.0. The summed E-state index contributed by atoms with van der Waals surface area (Å²) < 4.78 is 5.10. The van der Waals surface area contributed by atoms with E-state index in [0.717, 1.165) is 6.54 Å². The lowest BCUT2D eigenvalue weighted by Gasteiger charge is -2.07. The third-order valence-corrected chi connectivity index (χ3v) is 6.30. The van der Waals surface area contributed by atoms with Gasteiger partial charge in [-0.15, -0.1) is 0 Å². The molecule has 0 radical (unpaired) electrons. The molecule has 1 heterocycles. The molecule has 30 heavy (non-hydrogen) atoms. The average molecular weight is 412 g/mol. The van der Waals surface area contributed by atoms with Gasteiger partial charge in [0.05, 0.1) is 13.1 Å². The van der Waals surface area contributed by atoms with Crippen molar-refractivity contribution < 1.29 is 4.57 Å². The summed E-state index contributed by atoms with van der Waals surface area (Å²) in [6.07, 6.45) is 24.9. The maximum absolute atomic E-state index is 2.55. The first-order chi connectivity index (χ1) is 14.8. The lowest BCUT2D eigenvalue weighted by atomic mass is 10.1. The molecule has 2 nitrogen and oxygen atoms in total. The normalized spacial score (nSPS) is 11.3. The summed E-state index contributed by atoms with van der Waals surface area (Å²) in [5, 5.41) is 0. The van der Waals surface area contributed by atoms with Gasteiger partial charge in [-0.25, -0.2) is 9.13 Å². The maximum Gasteiger partial charge on any atom is 0.256 e. The molecular weight excluding hydrogens is 364 g/mol. The van der Waals surface area contributed by atoms with Crippen molar-refractivity contribution in [3.63, 3.8) is 0 Å². The standard InChI is InChI=1S/C28H47N2/c1-3-5-7-9-10-11-12-16-22-28-29(23-17-8-6-4-2)25-26-30(28)24-18-21-27-19-14-13-15-20-27/h13-15,19-20,25-26H,3-12,16-18,21-24H2,1-2H3/q+1. The smallest absolute Gasteiger partial charge is 0.234 e. The number of aryl methyl sites for hydroxylation is 3. The summed E-state index contributed by atoms with van der Waals surface area (Å²) in [5.41, 5.74) is 1.46. The summed E-state index contributed by atoms with van der Waals surface area (Å²) in [6.45, 7) is 6.93. The Morgan fingerprint density at radius 2 is 1.30 bits per heavy atom. The van der Waals surface area contributed by atoms with Crippen LogP contribution in [0.3, 0.4) is 0 Å². The Morgan fingerprint density at radius 1 is 0.667 bits per heavy atom. The number of rotatable bonds is 18. The fourth-order valence-electron chi connectivity index (χ4n) is 4.42. The molecule has 2 aromatic rings. The fraction of sp³-hybridized carbons (Fsp3) is 0.679. The summed E-state index contributed by atoms with van der Waals surface area (Å²) in [7, 11) is 0. The van der Waals surface area contributed by atoms with Crippen LogP contribution in [-0.4, -0.2) is 4.57 Å². The maximum atomic E-state index is 2.55. The Labute approximate surface area is 186 Å². The number of hydrogen-bond donors (Lipinski definition) is 0. The van der Waals surface area contributed by atoms with Crippen LogP contribution in [-0.2, 0) is 25.9 Å². The van der Waals surface area contributed by atoms with Crippen LogP contribution < -0.4 is 4.57 Å². The molecule has 0 fully saturated rings. The summed E-state index contributed by atoms with van der Waals surface area (Å²) in [4.78, 5) is 0. The molecule has 0 amide bonds. The predicted octanol–water partition coefficient (Wildman–Crippen LogP) is 7.67. The topological polar surface area (TPSA) is 8.81 Å². The van der Waals surface area contributed by atoms with Gasteiger partial charge in [-0.3, -0.25) is 0 Å². The first-order valence-corrected chi connectivity index (χ1v) is 13.0. The Hall–Kier alpha value is -1.57. The second-order valence-corrected chi connectivity index (χ2v) is 8.98. The lowest BCUT2D eigenvalue weighted by Crippen LogP contribution is -2.37. The number of imidazole rings is 1. The molecule has 2 rings (SSSR count). The minimum atomic E-state index is 1.14. The van der Waals surface area contributed by atoms with Gasteiger partial charge < -0.3 is 0 Å². The van der Waals surface area contributed by atoms with Crippen molar-refractivity contribution in [3.8, 4) is 0 Å². The molecule has 0 aliphatic rings. The van der Waals surface area contributed by atoms with Gasteiger partial charge in [-0.1, -0.05) is 102 Å².